The Balaban J connectivity index is 2.41. The van der Waals surface area contributed by atoms with Gasteiger partial charge in [-0.25, -0.2) is 0 Å². The predicted molar refractivity (Wildman–Crippen MR) is 43.5 cm³/mol. The third kappa shape index (κ3) is 1.92. The van der Waals surface area contributed by atoms with Gasteiger partial charge in [0.2, 0.25) is 0 Å². The van der Waals surface area contributed by atoms with Crippen molar-refractivity contribution in [1.82, 2.24) is 4.90 Å². The SMILES string of the molecule is CCN1C[C@@H](OC)C[C@H]1CO. The van der Waals surface area contributed by atoms with E-state index in [1.54, 1.807) is 7.11 Å². The van der Waals surface area contributed by atoms with Crippen LogP contribution in [0.4, 0.5) is 0 Å². The van der Waals surface area contributed by atoms with Crippen molar-refractivity contribution in [3.8, 4) is 0 Å². The van der Waals surface area contributed by atoms with E-state index >= 15 is 0 Å². The Hall–Kier alpha value is -0.120. The average molecular weight is 159 g/mol. The monoisotopic (exact) mass is 159 g/mol. The number of likely N-dealkylation sites (tertiary alicyclic amines) is 1. The second kappa shape index (κ2) is 4.04. The van der Waals surface area contributed by atoms with E-state index in [1.807, 2.05) is 0 Å². The zero-order valence-corrected chi connectivity index (χ0v) is 7.29. The van der Waals surface area contributed by atoms with Gasteiger partial charge in [-0.2, -0.15) is 0 Å². The average Bonchev–Trinajstić information content (AvgIpc) is 2.46. The maximum Gasteiger partial charge on any atom is 0.0714 e. The van der Waals surface area contributed by atoms with Crippen molar-refractivity contribution in [3.63, 3.8) is 0 Å². The first-order valence-corrected chi connectivity index (χ1v) is 4.19. The van der Waals surface area contributed by atoms with Crippen LogP contribution in [0.2, 0.25) is 0 Å². The molecular formula is C8H17NO2. The number of nitrogens with zero attached hydrogens (tertiary/aromatic N) is 1. The molecule has 0 unspecified atom stereocenters. The zero-order chi connectivity index (χ0) is 8.27. The molecule has 1 fully saturated rings. The Morgan fingerprint density at radius 2 is 2.36 bits per heavy atom. The van der Waals surface area contributed by atoms with E-state index < -0.39 is 0 Å². The molecule has 0 amide bonds. The van der Waals surface area contributed by atoms with Crippen molar-refractivity contribution in [2.45, 2.75) is 25.5 Å². The van der Waals surface area contributed by atoms with Gasteiger partial charge in [-0.1, -0.05) is 6.92 Å². The number of rotatable bonds is 3. The van der Waals surface area contributed by atoms with Crippen LogP contribution in [-0.4, -0.2) is 49.0 Å². The molecule has 0 saturated carbocycles. The van der Waals surface area contributed by atoms with Gasteiger partial charge in [0.15, 0.2) is 0 Å². The first-order chi connectivity index (χ1) is 5.31. The lowest BCUT2D eigenvalue weighted by Crippen LogP contribution is -2.32. The third-order valence-corrected chi connectivity index (χ3v) is 2.44. The lowest BCUT2D eigenvalue weighted by molar-refractivity contribution is 0.109. The molecule has 1 rings (SSSR count). The number of methoxy groups -OCH3 is 1. The first kappa shape index (κ1) is 8.97. The van der Waals surface area contributed by atoms with E-state index in [0.29, 0.717) is 12.1 Å². The molecule has 0 spiro atoms. The van der Waals surface area contributed by atoms with Gasteiger partial charge in [-0.15, -0.1) is 0 Å². The predicted octanol–water partition coefficient (Wildman–Crippen LogP) is 0.0879. The second-order valence-corrected chi connectivity index (χ2v) is 3.02. The molecule has 0 bridgehead atoms. The Labute approximate surface area is 68.0 Å². The maximum atomic E-state index is 8.98. The summed E-state index contributed by atoms with van der Waals surface area (Å²) in [6, 6.07) is 0.324. The van der Waals surface area contributed by atoms with Gasteiger partial charge in [-0.3, -0.25) is 4.90 Å². The number of hydrogen-bond acceptors (Lipinski definition) is 3. The van der Waals surface area contributed by atoms with Crippen LogP contribution < -0.4 is 0 Å². The van der Waals surface area contributed by atoms with Crippen molar-refractivity contribution in [2.75, 3.05) is 26.8 Å². The highest BCUT2D eigenvalue weighted by Gasteiger charge is 2.29. The summed E-state index contributed by atoms with van der Waals surface area (Å²) in [4.78, 5) is 2.26. The molecule has 2 atom stereocenters. The van der Waals surface area contributed by atoms with Crippen LogP contribution in [0, 0.1) is 0 Å². The second-order valence-electron chi connectivity index (χ2n) is 3.02. The van der Waals surface area contributed by atoms with Crippen molar-refractivity contribution in [1.29, 1.82) is 0 Å². The lowest BCUT2D eigenvalue weighted by Gasteiger charge is -2.19. The molecular weight excluding hydrogens is 142 g/mol. The van der Waals surface area contributed by atoms with E-state index in [0.717, 1.165) is 19.5 Å². The molecule has 3 heteroatoms. The molecule has 0 aliphatic carbocycles. The van der Waals surface area contributed by atoms with Gasteiger partial charge in [0, 0.05) is 19.7 Å². The lowest BCUT2D eigenvalue weighted by atomic mass is 10.2. The van der Waals surface area contributed by atoms with E-state index in [9.17, 15) is 0 Å². The normalized spacial score (nSPS) is 33.0. The first-order valence-electron chi connectivity index (χ1n) is 4.19. The standard InChI is InChI=1S/C8H17NO2/c1-3-9-5-8(11-2)4-7(9)6-10/h7-8,10H,3-6H2,1-2H3/t7-,8-/m0/s1. The van der Waals surface area contributed by atoms with Crippen LogP contribution in [0.3, 0.4) is 0 Å². The van der Waals surface area contributed by atoms with Crippen LogP contribution in [-0.2, 0) is 4.74 Å². The largest absolute Gasteiger partial charge is 0.395 e. The van der Waals surface area contributed by atoms with Crippen LogP contribution >= 0.6 is 0 Å². The zero-order valence-electron chi connectivity index (χ0n) is 7.29. The molecule has 1 heterocycles. The minimum atomic E-state index is 0.258. The molecule has 11 heavy (non-hydrogen) atoms. The summed E-state index contributed by atoms with van der Waals surface area (Å²) in [6.45, 7) is 4.34. The number of ether oxygens (including phenoxy) is 1. The summed E-state index contributed by atoms with van der Waals surface area (Å²) in [5, 5.41) is 8.98. The molecule has 1 aliphatic heterocycles. The van der Waals surface area contributed by atoms with E-state index in [2.05, 4.69) is 11.8 Å². The van der Waals surface area contributed by atoms with Crippen LogP contribution in [0.25, 0.3) is 0 Å². The van der Waals surface area contributed by atoms with Crippen molar-refractivity contribution in [3.05, 3.63) is 0 Å². The maximum absolute atomic E-state index is 8.98. The summed E-state index contributed by atoms with van der Waals surface area (Å²) in [5.74, 6) is 0. The number of aliphatic hydroxyl groups is 1. The van der Waals surface area contributed by atoms with Crippen molar-refractivity contribution in [2.24, 2.45) is 0 Å². The fourth-order valence-corrected chi connectivity index (χ4v) is 1.69. The molecule has 1 N–H and O–H groups in total. The topological polar surface area (TPSA) is 32.7 Å². The van der Waals surface area contributed by atoms with Gasteiger partial charge < -0.3 is 9.84 Å². The summed E-state index contributed by atoms with van der Waals surface area (Å²) < 4.78 is 5.22. The van der Waals surface area contributed by atoms with Gasteiger partial charge >= 0.3 is 0 Å². The van der Waals surface area contributed by atoms with Crippen molar-refractivity contribution < 1.29 is 9.84 Å². The Kier molecular flexibility index (Phi) is 3.30. The Morgan fingerprint density at radius 1 is 1.64 bits per heavy atom. The Morgan fingerprint density at radius 3 is 2.73 bits per heavy atom. The smallest absolute Gasteiger partial charge is 0.0714 e. The van der Waals surface area contributed by atoms with E-state index in [-0.39, 0.29) is 6.61 Å². The molecule has 0 radical (unpaired) electrons. The van der Waals surface area contributed by atoms with E-state index in [1.165, 1.54) is 0 Å². The fraction of sp³-hybridized carbons (Fsp3) is 1.00. The quantitative estimate of drug-likeness (QED) is 0.633. The van der Waals surface area contributed by atoms with Gasteiger partial charge in [0.05, 0.1) is 12.7 Å². The van der Waals surface area contributed by atoms with Crippen LogP contribution in [0.5, 0.6) is 0 Å². The third-order valence-electron chi connectivity index (χ3n) is 2.44. The highest BCUT2D eigenvalue weighted by Crippen LogP contribution is 2.18. The highest BCUT2D eigenvalue weighted by molar-refractivity contribution is 4.84. The minimum absolute atomic E-state index is 0.258. The van der Waals surface area contributed by atoms with E-state index in [4.69, 9.17) is 9.84 Å². The molecule has 66 valence electrons. The fourth-order valence-electron chi connectivity index (χ4n) is 1.69. The summed E-state index contributed by atoms with van der Waals surface area (Å²) in [7, 11) is 1.73. The number of hydrogen-bond donors (Lipinski definition) is 1. The van der Waals surface area contributed by atoms with Crippen LogP contribution in [0.1, 0.15) is 13.3 Å². The van der Waals surface area contributed by atoms with Crippen LogP contribution in [0.15, 0.2) is 0 Å². The Bertz CT molecular complexity index is 107. The molecule has 0 aromatic rings. The van der Waals surface area contributed by atoms with Crippen molar-refractivity contribution >= 4 is 0 Å². The number of aliphatic hydroxyl groups excluding tert-OH is 1. The molecule has 1 aliphatic rings. The summed E-state index contributed by atoms with van der Waals surface area (Å²) >= 11 is 0. The van der Waals surface area contributed by atoms with Gasteiger partial charge in [0.25, 0.3) is 0 Å². The molecule has 1 saturated heterocycles. The molecule has 0 aromatic heterocycles. The van der Waals surface area contributed by atoms with Gasteiger partial charge in [0.1, 0.15) is 0 Å². The summed E-state index contributed by atoms with van der Waals surface area (Å²) in [5.41, 5.74) is 0. The molecule has 0 aromatic carbocycles. The highest BCUT2D eigenvalue weighted by atomic mass is 16.5. The minimum Gasteiger partial charge on any atom is -0.395 e. The number of likely N-dealkylation sites (N-methyl/N-ethyl adjacent to an activating group) is 1. The molecule has 3 nitrogen and oxygen atoms in total. The summed E-state index contributed by atoms with van der Waals surface area (Å²) in [6.07, 6.45) is 1.30. The van der Waals surface area contributed by atoms with Gasteiger partial charge in [-0.05, 0) is 13.0 Å².